The van der Waals surface area contributed by atoms with Crippen LogP contribution in [0.15, 0.2) is 54.6 Å². The van der Waals surface area contributed by atoms with Crippen LogP contribution in [0.4, 0.5) is 0 Å². The Balaban J connectivity index is 1.99. The first-order valence-electron chi connectivity index (χ1n) is 5.90. The smallest absolute Gasteiger partial charge is 0.0423 e. The molecule has 1 unspecified atom stereocenters. The van der Waals surface area contributed by atoms with E-state index in [-0.39, 0.29) is 0 Å². The Morgan fingerprint density at radius 2 is 1.67 bits per heavy atom. The van der Waals surface area contributed by atoms with Crippen LogP contribution in [-0.2, 0) is 5.75 Å². The molecular formula is C15H16ClNS. The first-order chi connectivity index (χ1) is 8.79. The first-order valence-corrected chi connectivity index (χ1v) is 7.33. The summed E-state index contributed by atoms with van der Waals surface area (Å²) in [5, 5.41) is 1.09. The minimum absolute atomic E-state index is 0.322. The molecule has 1 atom stereocenters. The van der Waals surface area contributed by atoms with E-state index in [9.17, 15) is 0 Å². The highest BCUT2D eigenvalue weighted by Gasteiger charge is 2.10. The van der Waals surface area contributed by atoms with Gasteiger partial charge in [0, 0.05) is 22.6 Å². The summed E-state index contributed by atoms with van der Waals surface area (Å²) in [7, 11) is 0. The molecule has 0 aliphatic heterocycles. The summed E-state index contributed by atoms with van der Waals surface area (Å²) in [6.45, 7) is 0.638. The van der Waals surface area contributed by atoms with Crippen molar-refractivity contribution < 1.29 is 0 Å². The van der Waals surface area contributed by atoms with E-state index in [0.29, 0.717) is 11.8 Å². The average molecular weight is 278 g/mol. The SMILES string of the molecule is NCC(SCc1ccccc1)c1ccc(Cl)cc1. The highest BCUT2D eigenvalue weighted by atomic mass is 35.5. The van der Waals surface area contributed by atoms with E-state index in [1.807, 2.05) is 30.0 Å². The normalized spacial score (nSPS) is 12.3. The van der Waals surface area contributed by atoms with Crippen LogP contribution in [0.1, 0.15) is 16.4 Å². The molecule has 2 rings (SSSR count). The summed E-state index contributed by atoms with van der Waals surface area (Å²) >= 11 is 7.76. The molecule has 0 aliphatic rings. The molecule has 2 aromatic carbocycles. The van der Waals surface area contributed by atoms with Crippen molar-refractivity contribution in [3.8, 4) is 0 Å². The Labute approximate surface area is 117 Å². The van der Waals surface area contributed by atoms with Gasteiger partial charge in [-0.15, -0.1) is 11.8 Å². The zero-order valence-electron chi connectivity index (χ0n) is 10.1. The molecule has 0 saturated carbocycles. The van der Waals surface area contributed by atoms with Crippen molar-refractivity contribution in [2.24, 2.45) is 5.73 Å². The lowest BCUT2D eigenvalue weighted by molar-refractivity contribution is 0.940. The molecule has 18 heavy (non-hydrogen) atoms. The Morgan fingerprint density at radius 1 is 1.00 bits per heavy atom. The largest absolute Gasteiger partial charge is 0.329 e. The van der Waals surface area contributed by atoms with Gasteiger partial charge in [-0.2, -0.15) is 0 Å². The molecule has 0 radical (unpaired) electrons. The topological polar surface area (TPSA) is 26.0 Å². The fraction of sp³-hybridized carbons (Fsp3) is 0.200. The molecule has 0 saturated heterocycles. The van der Waals surface area contributed by atoms with E-state index in [1.54, 1.807) is 0 Å². The number of nitrogens with two attached hydrogens (primary N) is 1. The van der Waals surface area contributed by atoms with Gasteiger partial charge in [-0.3, -0.25) is 0 Å². The van der Waals surface area contributed by atoms with E-state index in [0.717, 1.165) is 10.8 Å². The molecule has 0 aromatic heterocycles. The lowest BCUT2D eigenvalue weighted by Gasteiger charge is -2.15. The summed E-state index contributed by atoms with van der Waals surface area (Å²) in [4.78, 5) is 0. The third-order valence-electron chi connectivity index (χ3n) is 2.75. The third kappa shape index (κ3) is 3.77. The third-order valence-corrected chi connectivity index (χ3v) is 4.37. The standard InChI is InChI=1S/C15H16ClNS/c16-14-8-6-13(7-9-14)15(10-17)18-11-12-4-2-1-3-5-12/h1-9,15H,10-11,17H2. The number of hydrogen-bond acceptors (Lipinski definition) is 2. The molecular weight excluding hydrogens is 262 g/mol. The van der Waals surface area contributed by atoms with Crippen molar-refractivity contribution >= 4 is 23.4 Å². The van der Waals surface area contributed by atoms with E-state index in [4.69, 9.17) is 17.3 Å². The highest BCUT2D eigenvalue weighted by Crippen LogP contribution is 2.31. The lowest BCUT2D eigenvalue weighted by Crippen LogP contribution is -2.09. The van der Waals surface area contributed by atoms with Crippen molar-refractivity contribution in [1.29, 1.82) is 0 Å². The molecule has 0 amide bonds. The van der Waals surface area contributed by atoms with Gasteiger partial charge in [-0.1, -0.05) is 54.1 Å². The van der Waals surface area contributed by atoms with Gasteiger partial charge < -0.3 is 5.73 Å². The Morgan fingerprint density at radius 3 is 2.28 bits per heavy atom. The van der Waals surface area contributed by atoms with Crippen molar-refractivity contribution in [1.82, 2.24) is 0 Å². The number of hydrogen-bond donors (Lipinski definition) is 1. The van der Waals surface area contributed by atoms with Crippen molar-refractivity contribution in [3.63, 3.8) is 0 Å². The zero-order chi connectivity index (χ0) is 12.8. The van der Waals surface area contributed by atoms with Crippen LogP contribution in [0.2, 0.25) is 5.02 Å². The molecule has 0 spiro atoms. The number of halogens is 1. The predicted octanol–water partition coefficient (Wildman–Crippen LogP) is 4.27. The van der Waals surface area contributed by atoms with Crippen LogP contribution < -0.4 is 5.73 Å². The first kappa shape index (κ1) is 13.5. The van der Waals surface area contributed by atoms with Gasteiger partial charge in [0.05, 0.1) is 0 Å². The number of benzene rings is 2. The minimum atomic E-state index is 0.322. The predicted molar refractivity (Wildman–Crippen MR) is 81.0 cm³/mol. The average Bonchev–Trinajstić information content (AvgIpc) is 2.42. The maximum absolute atomic E-state index is 5.89. The van der Waals surface area contributed by atoms with Crippen LogP contribution in [0.3, 0.4) is 0 Å². The fourth-order valence-corrected chi connectivity index (χ4v) is 2.95. The quantitative estimate of drug-likeness (QED) is 0.883. The van der Waals surface area contributed by atoms with Crippen molar-refractivity contribution in [2.45, 2.75) is 11.0 Å². The van der Waals surface area contributed by atoms with Gasteiger partial charge in [0.2, 0.25) is 0 Å². The minimum Gasteiger partial charge on any atom is -0.329 e. The molecule has 94 valence electrons. The maximum Gasteiger partial charge on any atom is 0.0423 e. The molecule has 1 nitrogen and oxygen atoms in total. The Hall–Kier alpha value is -0.960. The van der Waals surface area contributed by atoms with Gasteiger partial charge >= 0.3 is 0 Å². The van der Waals surface area contributed by atoms with Crippen LogP contribution in [-0.4, -0.2) is 6.54 Å². The summed E-state index contributed by atoms with van der Waals surface area (Å²) in [5.74, 6) is 0.978. The van der Waals surface area contributed by atoms with Gasteiger partial charge in [0.25, 0.3) is 0 Å². The summed E-state index contributed by atoms with van der Waals surface area (Å²) < 4.78 is 0. The summed E-state index contributed by atoms with van der Waals surface area (Å²) in [6.07, 6.45) is 0. The van der Waals surface area contributed by atoms with Crippen molar-refractivity contribution in [2.75, 3.05) is 6.54 Å². The number of thioether (sulfide) groups is 1. The van der Waals surface area contributed by atoms with Crippen LogP contribution in [0, 0.1) is 0 Å². The van der Waals surface area contributed by atoms with Crippen molar-refractivity contribution in [3.05, 3.63) is 70.7 Å². The van der Waals surface area contributed by atoms with E-state index < -0.39 is 0 Å². The molecule has 0 bridgehead atoms. The molecule has 3 heteroatoms. The van der Waals surface area contributed by atoms with Gasteiger partial charge in [-0.05, 0) is 23.3 Å². The molecule has 0 fully saturated rings. The van der Waals surface area contributed by atoms with Gasteiger partial charge in [0.15, 0.2) is 0 Å². The van der Waals surface area contributed by atoms with Gasteiger partial charge in [-0.25, -0.2) is 0 Å². The van der Waals surface area contributed by atoms with E-state index in [2.05, 4.69) is 36.4 Å². The van der Waals surface area contributed by atoms with E-state index >= 15 is 0 Å². The second kappa shape index (κ2) is 6.83. The second-order valence-corrected chi connectivity index (χ2v) is 5.70. The molecule has 0 heterocycles. The lowest BCUT2D eigenvalue weighted by atomic mass is 10.1. The maximum atomic E-state index is 5.89. The Kier molecular flexibility index (Phi) is 5.12. The number of rotatable bonds is 5. The zero-order valence-corrected chi connectivity index (χ0v) is 11.6. The second-order valence-electron chi connectivity index (χ2n) is 4.07. The van der Waals surface area contributed by atoms with Crippen LogP contribution in [0.5, 0.6) is 0 Å². The summed E-state index contributed by atoms with van der Waals surface area (Å²) in [5.41, 5.74) is 8.42. The van der Waals surface area contributed by atoms with Crippen LogP contribution >= 0.6 is 23.4 Å². The monoisotopic (exact) mass is 277 g/mol. The Bertz CT molecular complexity index is 470. The molecule has 2 aromatic rings. The summed E-state index contributed by atoms with van der Waals surface area (Å²) in [6, 6.07) is 18.4. The van der Waals surface area contributed by atoms with Crippen LogP contribution in [0.25, 0.3) is 0 Å². The van der Waals surface area contributed by atoms with E-state index in [1.165, 1.54) is 11.1 Å². The van der Waals surface area contributed by atoms with Gasteiger partial charge in [0.1, 0.15) is 0 Å². The molecule has 2 N–H and O–H groups in total. The fourth-order valence-electron chi connectivity index (χ4n) is 1.75. The molecule has 0 aliphatic carbocycles. The highest BCUT2D eigenvalue weighted by molar-refractivity contribution is 7.98.